The van der Waals surface area contributed by atoms with Crippen molar-refractivity contribution in [2.45, 2.75) is 20.8 Å². The van der Waals surface area contributed by atoms with Crippen molar-refractivity contribution in [1.29, 1.82) is 0 Å². The summed E-state index contributed by atoms with van der Waals surface area (Å²) in [5, 5.41) is 9.97. The van der Waals surface area contributed by atoms with Gasteiger partial charge >= 0.3 is 0 Å². The largest absolute Gasteiger partial charge is 0.352 e. The lowest BCUT2D eigenvalue weighted by Gasteiger charge is -2.06. The summed E-state index contributed by atoms with van der Waals surface area (Å²) in [7, 11) is 0. The molecule has 2 N–H and O–H groups in total. The minimum Gasteiger partial charge on any atom is -0.352 e. The number of benzene rings is 2. The van der Waals surface area contributed by atoms with Crippen molar-refractivity contribution < 1.29 is 14.0 Å². The maximum absolute atomic E-state index is 13.2. The zero-order valence-corrected chi connectivity index (χ0v) is 17.1. The average molecular weight is 406 g/mol. The van der Waals surface area contributed by atoms with Crippen LogP contribution in [0, 0.1) is 19.7 Å². The van der Waals surface area contributed by atoms with E-state index in [0.29, 0.717) is 17.8 Å². The van der Waals surface area contributed by atoms with Crippen molar-refractivity contribution in [2.24, 2.45) is 0 Å². The molecule has 2 aromatic carbocycles. The van der Waals surface area contributed by atoms with Gasteiger partial charge in [0.2, 0.25) is 5.91 Å². The number of rotatable bonds is 6. The molecule has 0 atom stereocenters. The third-order valence-corrected chi connectivity index (χ3v) is 4.55. The molecule has 0 bridgehead atoms. The van der Waals surface area contributed by atoms with Crippen LogP contribution in [-0.2, 0) is 4.79 Å². The molecule has 0 saturated carbocycles. The molecule has 30 heavy (non-hydrogen) atoms. The molecule has 6 nitrogen and oxygen atoms in total. The third-order valence-electron chi connectivity index (χ3n) is 4.55. The summed E-state index contributed by atoms with van der Waals surface area (Å²) in [6.07, 6.45) is 3.12. The maximum atomic E-state index is 13.2. The summed E-state index contributed by atoms with van der Waals surface area (Å²) < 4.78 is 14.9. The van der Waals surface area contributed by atoms with Crippen molar-refractivity contribution in [3.63, 3.8) is 0 Å². The van der Waals surface area contributed by atoms with E-state index in [1.165, 1.54) is 18.2 Å². The predicted octanol–water partition coefficient (Wildman–Crippen LogP) is 4.03. The standard InChI is InChI=1S/C23H23FN4O2/c1-4-25-23(30)17-6-5-7-19(14-17)26-22(29)13-12-21-15(2)27-28(16(21)3)20-10-8-18(24)9-11-20/h5-14H,4H2,1-3H3,(H,25,30)(H,26,29)/b13-12+. The molecule has 2 amide bonds. The van der Waals surface area contributed by atoms with Gasteiger partial charge in [0.05, 0.1) is 11.4 Å². The number of halogens is 1. The van der Waals surface area contributed by atoms with Crippen molar-refractivity contribution in [2.75, 3.05) is 11.9 Å². The SMILES string of the molecule is CCNC(=O)c1cccc(NC(=O)/C=C/c2c(C)nn(-c3ccc(F)cc3)c2C)c1. The molecule has 3 aromatic rings. The molecule has 0 aliphatic heterocycles. The minimum absolute atomic E-state index is 0.191. The highest BCUT2D eigenvalue weighted by molar-refractivity contribution is 6.03. The first-order valence-corrected chi connectivity index (χ1v) is 9.58. The number of aromatic nitrogens is 2. The zero-order valence-electron chi connectivity index (χ0n) is 17.1. The highest BCUT2D eigenvalue weighted by Gasteiger charge is 2.11. The Balaban J connectivity index is 1.75. The minimum atomic E-state index is -0.323. The van der Waals surface area contributed by atoms with Crippen LogP contribution in [0.1, 0.15) is 34.2 Å². The molecule has 1 aromatic heterocycles. The van der Waals surface area contributed by atoms with Gasteiger partial charge in [0.1, 0.15) is 5.82 Å². The summed E-state index contributed by atoms with van der Waals surface area (Å²) in [6, 6.07) is 12.8. The Kier molecular flexibility index (Phi) is 6.41. The Morgan fingerprint density at radius 2 is 1.87 bits per heavy atom. The van der Waals surface area contributed by atoms with E-state index in [1.807, 2.05) is 20.8 Å². The number of carbonyl (C=O) groups excluding carboxylic acids is 2. The Morgan fingerprint density at radius 3 is 2.57 bits per heavy atom. The smallest absolute Gasteiger partial charge is 0.251 e. The van der Waals surface area contributed by atoms with Crippen LogP contribution >= 0.6 is 0 Å². The van der Waals surface area contributed by atoms with Crippen molar-refractivity contribution in [3.8, 4) is 5.69 Å². The average Bonchev–Trinajstić information content (AvgIpc) is 3.01. The first kappa shape index (κ1) is 21.0. The topological polar surface area (TPSA) is 76.0 Å². The molecule has 7 heteroatoms. The molecule has 3 rings (SSSR count). The van der Waals surface area contributed by atoms with Crippen LogP contribution in [-0.4, -0.2) is 28.1 Å². The second kappa shape index (κ2) is 9.17. The Bertz CT molecular complexity index is 1100. The fourth-order valence-corrected chi connectivity index (χ4v) is 3.07. The number of hydrogen-bond donors (Lipinski definition) is 2. The van der Waals surface area contributed by atoms with E-state index >= 15 is 0 Å². The number of nitrogens with one attached hydrogen (secondary N) is 2. The Labute approximate surface area is 174 Å². The van der Waals surface area contributed by atoms with Crippen molar-refractivity contribution in [1.82, 2.24) is 15.1 Å². The van der Waals surface area contributed by atoms with Gasteiger partial charge in [-0.05, 0) is 69.3 Å². The molecule has 0 fully saturated rings. The number of anilines is 1. The lowest BCUT2D eigenvalue weighted by atomic mass is 10.1. The van der Waals surface area contributed by atoms with Gasteiger partial charge in [-0.1, -0.05) is 6.07 Å². The summed E-state index contributed by atoms with van der Waals surface area (Å²) in [5.41, 5.74) is 4.14. The first-order valence-electron chi connectivity index (χ1n) is 9.58. The van der Waals surface area contributed by atoms with Gasteiger partial charge in [-0.3, -0.25) is 9.59 Å². The molecule has 154 valence electrons. The van der Waals surface area contributed by atoms with Gasteiger partial charge in [0.25, 0.3) is 5.91 Å². The molecular weight excluding hydrogens is 383 g/mol. The lowest BCUT2D eigenvalue weighted by Crippen LogP contribution is -2.22. The number of nitrogens with zero attached hydrogens (tertiary/aromatic N) is 2. The predicted molar refractivity (Wildman–Crippen MR) is 115 cm³/mol. The lowest BCUT2D eigenvalue weighted by molar-refractivity contribution is -0.111. The molecule has 0 spiro atoms. The van der Waals surface area contributed by atoms with Gasteiger partial charge in [0, 0.05) is 35.1 Å². The van der Waals surface area contributed by atoms with Crippen LogP contribution in [0.15, 0.2) is 54.6 Å². The second-order valence-electron chi connectivity index (χ2n) is 6.74. The van der Waals surface area contributed by atoms with Crippen LogP contribution in [0.25, 0.3) is 11.8 Å². The third kappa shape index (κ3) is 4.81. The summed E-state index contributed by atoms with van der Waals surface area (Å²) >= 11 is 0. The van der Waals surface area contributed by atoms with Crippen LogP contribution < -0.4 is 10.6 Å². The van der Waals surface area contributed by atoms with E-state index in [-0.39, 0.29) is 17.6 Å². The summed E-state index contributed by atoms with van der Waals surface area (Å²) in [4.78, 5) is 24.3. The molecular formula is C23H23FN4O2. The zero-order chi connectivity index (χ0) is 21.7. The molecule has 0 unspecified atom stereocenters. The molecule has 0 aliphatic carbocycles. The van der Waals surface area contributed by atoms with Gasteiger partial charge in [-0.2, -0.15) is 5.10 Å². The van der Waals surface area contributed by atoms with Crippen LogP contribution in [0.5, 0.6) is 0 Å². The highest BCUT2D eigenvalue weighted by Crippen LogP contribution is 2.20. The van der Waals surface area contributed by atoms with E-state index in [9.17, 15) is 14.0 Å². The quantitative estimate of drug-likeness (QED) is 0.607. The van der Waals surface area contributed by atoms with E-state index in [1.54, 1.807) is 47.2 Å². The number of amides is 2. The normalized spacial score (nSPS) is 10.9. The van der Waals surface area contributed by atoms with Crippen molar-refractivity contribution in [3.05, 3.63) is 82.9 Å². The van der Waals surface area contributed by atoms with Gasteiger partial charge in [-0.25, -0.2) is 9.07 Å². The van der Waals surface area contributed by atoms with Crippen LogP contribution in [0.3, 0.4) is 0 Å². The molecule has 0 saturated heterocycles. The van der Waals surface area contributed by atoms with Crippen LogP contribution in [0.2, 0.25) is 0 Å². The number of carbonyl (C=O) groups is 2. The van der Waals surface area contributed by atoms with E-state index in [4.69, 9.17) is 0 Å². The first-order chi connectivity index (χ1) is 14.4. The fraction of sp³-hybridized carbons (Fsp3) is 0.174. The van der Waals surface area contributed by atoms with Gasteiger partial charge < -0.3 is 10.6 Å². The number of aryl methyl sites for hydroxylation is 1. The molecule has 0 radical (unpaired) electrons. The van der Waals surface area contributed by atoms with Gasteiger partial charge in [-0.15, -0.1) is 0 Å². The highest BCUT2D eigenvalue weighted by atomic mass is 19.1. The Hall–Kier alpha value is -3.74. The summed E-state index contributed by atoms with van der Waals surface area (Å²) in [6.45, 7) is 6.11. The molecule has 0 aliphatic rings. The van der Waals surface area contributed by atoms with E-state index in [2.05, 4.69) is 15.7 Å². The van der Waals surface area contributed by atoms with Gasteiger partial charge in [0.15, 0.2) is 0 Å². The monoisotopic (exact) mass is 406 g/mol. The van der Waals surface area contributed by atoms with Crippen molar-refractivity contribution >= 4 is 23.6 Å². The molecule has 1 heterocycles. The van der Waals surface area contributed by atoms with E-state index in [0.717, 1.165) is 22.6 Å². The van der Waals surface area contributed by atoms with E-state index < -0.39 is 0 Å². The summed E-state index contributed by atoms with van der Waals surface area (Å²) in [5.74, 6) is -0.826. The number of hydrogen-bond acceptors (Lipinski definition) is 3. The Morgan fingerprint density at radius 1 is 1.13 bits per heavy atom. The maximum Gasteiger partial charge on any atom is 0.251 e. The second-order valence-corrected chi connectivity index (χ2v) is 6.74. The fourth-order valence-electron chi connectivity index (χ4n) is 3.07. The van der Waals surface area contributed by atoms with Crippen LogP contribution in [0.4, 0.5) is 10.1 Å².